The molecule has 0 atom stereocenters. The molecule has 0 unspecified atom stereocenters. The zero-order valence-electron chi connectivity index (χ0n) is 13.9. The van der Waals surface area contributed by atoms with Crippen molar-refractivity contribution in [2.24, 2.45) is 0 Å². The molecule has 5 nitrogen and oxygen atoms in total. The van der Waals surface area contributed by atoms with E-state index >= 15 is 0 Å². The Morgan fingerprint density at radius 3 is 2.54 bits per heavy atom. The molecule has 2 aromatic carbocycles. The third-order valence-electron chi connectivity index (χ3n) is 4.15. The van der Waals surface area contributed by atoms with Crippen molar-refractivity contribution >= 4 is 0 Å². The molecule has 4 rings (SSSR count). The molecule has 0 aliphatic carbocycles. The Kier molecular flexibility index (Phi) is 4.23. The van der Waals surface area contributed by atoms with Crippen LogP contribution in [0.1, 0.15) is 11.1 Å². The average molecular weight is 337 g/mol. The lowest BCUT2D eigenvalue weighted by molar-refractivity contribution is 0.650. The van der Waals surface area contributed by atoms with Gasteiger partial charge in [0.15, 0.2) is 0 Å². The van der Waals surface area contributed by atoms with E-state index in [0.29, 0.717) is 12.1 Å². The van der Waals surface area contributed by atoms with E-state index in [-0.39, 0.29) is 0 Å². The molecule has 0 aliphatic heterocycles. The maximum absolute atomic E-state index is 9.25. The molecule has 0 bridgehead atoms. The van der Waals surface area contributed by atoms with Crippen molar-refractivity contribution in [3.63, 3.8) is 0 Å². The van der Waals surface area contributed by atoms with E-state index in [4.69, 9.17) is 0 Å². The maximum Gasteiger partial charge on any atom is 0.114 e. The summed E-state index contributed by atoms with van der Waals surface area (Å²) in [6.45, 7) is 0.632. The molecule has 0 spiro atoms. The summed E-state index contributed by atoms with van der Waals surface area (Å²) >= 11 is 0. The van der Waals surface area contributed by atoms with Gasteiger partial charge in [0.1, 0.15) is 5.69 Å². The number of nitriles is 1. The van der Waals surface area contributed by atoms with Crippen LogP contribution in [0.2, 0.25) is 0 Å². The SMILES string of the molecule is N#Cc1ccccc1-c1ccc(Cn2cc(-c3cccnc3)nn2)cc1. The normalized spacial score (nSPS) is 10.4. The molecule has 0 saturated heterocycles. The number of aromatic nitrogens is 4. The number of hydrogen-bond acceptors (Lipinski definition) is 4. The minimum Gasteiger partial charge on any atom is -0.264 e. The topological polar surface area (TPSA) is 67.4 Å². The summed E-state index contributed by atoms with van der Waals surface area (Å²) in [5, 5.41) is 17.7. The van der Waals surface area contributed by atoms with Gasteiger partial charge in [-0.2, -0.15) is 5.26 Å². The Balaban J connectivity index is 1.54. The van der Waals surface area contributed by atoms with Gasteiger partial charge in [0, 0.05) is 18.0 Å². The predicted octanol–water partition coefficient (Wildman–Crippen LogP) is 3.93. The molecule has 2 aromatic heterocycles. The first-order chi connectivity index (χ1) is 12.8. The quantitative estimate of drug-likeness (QED) is 0.566. The second-order valence-corrected chi connectivity index (χ2v) is 5.90. The first kappa shape index (κ1) is 15.7. The van der Waals surface area contributed by atoms with Gasteiger partial charge in [-0.25, -0.2) is 4.68 Å². The van der Waals surface area contributed by atoms with Gasteiger partial charge in [-0.1, -0.05) is 47.7 Å². The van der Waals surface area contributed by atoms with E-state index in [1.807, 2.05) is 54.7 Å². The summed E-state index contributed by atoms with van der Waals surface area (Å²) < 4.78 is 1.81. The first-order valence-electron chi connectivity index (χ1n) is 8.22. The zero-order valence-corrected chi connectivity index (χ0v) is 13.9. The molecule has 0 saturated carbocycles. The lowest BCUT2D eigenvalue weighted by atomic mass is 9.99. The number of benzene rings is 2. The molecule has 0 aliphatic rings. The van der Waals surface area contributed by atoms with Gasteiger partial charge in [0.05, 0.1) is 24.4 Å². The molecule has 4 aromatic rings. The van der Waals surface area contributed by atoms with Crippen molar-refractivity contribution < 1.29 is 0 Å². The smallest absolute Gasteiger partial charge is 0.114 e. The molecular formula is C21H15N5. The van der Waals surface area contributed by atoms with Crippen LogP contribution >= 0.6 is 0 Å². The van der Waals surface area contributed by atoms with Crippen LogP contribution in [-0.2, 0) is 6.54 Å². The largest absolute Gasteiger partial charge is 0.264 e. The third kappa shape index (κ3) is 3.21. The molecule has 0 radical (unpaired) electrons. The molecule has 0 amide bonds. The third-order valence-corrected chi connectivity index (χ3v) is 4.15. The van der Waals surface area contributed by atoms with Crippen LogP contribution in [-0.4, -0.2) is 20.0 Å². The minimum absolute atomic E-state index is 0.632. The number of rotatable bonds is 4. The summed E-state index contributed by atoms with van der Waals surface area (Å²) in [5.74, 6) is 0. The fraction of sp³-hybridized carbons (Fsp3) is 0.0476. The maximum atomic E-state index is 9.25. The van der Waals surface area contributed by atoms with Gasteiger partial charge in [-0.15, -0.1) is 5.10 Å². The molecular weight excluding hydrogens is 322 g/mol. The lowest BCUT2D eigenvalue weighted by Crippen LogP contribution is -2.00. The monoisotopic (exact) mass is 337 g/mol. The minimum atomic E-state index is 0.632. The molecule has 5 heteroatoms. The second kappa shape index (κ2) is 6.99. The average Bonchev–Trinajstić information content (AvgIpc) is 3.18. The standard InChI is InChI=1S/C21H15N5/c22-12-18-4-1-2-6-20(18)17-9-7-16(8-10-17)14-26-15-21(24-25-26)19-5-3-11-23-13-19/h1-11,13,15H,14H2. The summed E-state index contributed by atoms with van der Waals surface area (Å²) in [5.41, 5.74) is 5.52. The highest BCUT2D eigenvalue weighted by Crippen LogP contribution is 2.23. The second-order valence-electron chi connectivity index (χ2n) is 5.90. The van der Waals surface area contributed by atoms with Crippen molar-refractivity contribution in [3.05, 3.63) is 90.4 Å². The Hall–Kier alpha value is -3.78. The Morgan fingerprint density at radius 2 is 1.77 bits per heavy atom. The first-order valence-corrected chi connectivity index (χ1v) is 8.22. The zero-order chi connectivity index (χ0) is 17.8. The van der Waals surface area contributed by atoms with E-state index in [9.17, 15) is 5.26 Å². The summed E-state index contributed by atoms with van der Waals surface area (Å²) in [7, 11) is 0. The fourth-order valence-electron chi connectivity index (χ4n) is 2.83. The van der Waals surface area contributed by atoms with Gasteiger partial charge in [-0.3, -0.25) is 4.98 Å². The summed E-state index contributed by atoms with van der Waals surface area (Å²) in [6.07, 6.45) is 5.42. The molecule has 2 heterocycles. The summed E-state index contributed by atoms with van der Waals surface area (Å²) in [4.78, 5) is 4.11. The van der Waals surface area contributed by atoms with Crippen LogP contribution in [0.3, 0.4) is 0 Å². The van der Waals surface area contributed by atoms with E-state index in [1.54, 1.807) is 17.1 Å². The Labute approximate surface area is 151 Å². The van der Waals surface area contributed by atoms with Crippen molar-refractivity contribution in [1.82, 2.24) is 20.0 Å². The molecule has 0 fully saturated rings. The molecule has 0 N–H and O–H groups in total. The Bertz CT molecular complexity index is 1060. The lowest BCUT2D eigenvalue weighted by Gasteiger charge is -2.06. The molecule has 26 heavy (non-hydrogen) atoms. The van der Waals surface area contributed by atoms with E-state index < -0.39 is 0 Å². The van der Waals surface area contributed by atoms with Crippen molar-refractivity contribution in [2.75, 3.05) is 0 Å². The van der Waals surface area contributed by atoms with Crippen molar-refractivity contribution in [3.8, 4) is 28.5 Å². The van der Waals surface area contributed by atoms with Gasteiger partial charge in [-0.05, 0) is 34.9 Å². The van der Waals surface area contributed by atoms with Crippen LogP contribution in [0.15, 0.2) is 79.3 Å². The molecule has 124 valence electrons. The highest BCUT2D eigenvalue weighted by atomic mass is 15.4. The van der Waals surface area contributed by atoms with Gasteiger partial charge >= 0.3 is 0 Å². The van der Waals surface area contributed by atoms with Gasteiger partial charge < -0.3 is 0 Å². The van der Waals surface area contributed by atoms with Gasteiger partial charge in [0.25, 0.3) is 0 Å². The highest BCUT2D eigenvalue weighted by molar-refractivity contribution is 5.70. The number of nitrogens with zero attached hydrogens (tertiary/aromatic N) is 5. The van der Waals surface area contributed by atoms with Crippen LogP contribution in [0.25, 0.3) is 22.4 Å². The van der Waals surface area contributed by atoms with E-state index in [2.05, 4.69) is 33.5 Å². The van der Waals surface area contributed by atoms with Crippen LogP contribution in [0.4, 0.5) is 0 Å². The van der Waals surface area contributed by atoms with Crippen LogP contribution < -0.4 is 0 Å². The Morgan fingerprint density at radius 1 is 0.923 bits per heavy atom. The van der Waals surface area contributed by atoms with Crippen molar-refractivity contribution in [2.45, 2.75) is 6.54 Å². The summed E-state index contributed by atoms with van der Waals surface area (Å²) in [6, 6.07) is 21.9. The highest BCUT2D eigenvalue weighted by Gasteiger charge is 2.06. The van der Waals surface area contributed by atoms with E-state index in [1.165, 1.54) is 0 Å². The van der Waals surface area contributed by atoms with E-state index in [0.717, 1.165) is 27.9 Å². The predicted molar refractivity (Wildman–Crippen MR) is 98.9 cm³/mol. The van der Waals surface area contributed by atoms with Crippen LogP contribution in [0, 0.1) is 11.3 Å². The fourth-order valence-corrected chi connectivity index (χ4v) is 2.83. The van der Waals surface area contributed by atoms with Crippen molar-refractivity contribution in [1.29, 1.82) is 5.26 Å². The van der Waals surface area contributed by atoms with Crippen LogP contribution in [0.5, 0.6) is 0 Å². The van der Waals surface area contributed by atoms with Gasteiger partial charge in [0.2, 0.25) is 0 Å². The number of hydrogen-bond donors (Lipinski definition) is 0. The number of pyridine rings is 1.